The van der Waals surface area contributed by atoms with Gasteiger partial charge in [0.1, 0.15) is 0 Å². The normalized spacial score (nSPS) is 17.2. The Morgan fingerprint density at radius 2 is 2.05 bits per heavy atom. The molecule has 0 N–H and O–H groups in total. The van der Waals surface area contributed by atoms with Crippen molar-refractivity contribution in [2.75, 3.05) is 32.7 Å². The minimum absolute atomic E-state index is 0.172. The van der Waals surface area contributed by atoms with Crippen LogP contribution in [0.2, 0.25) is 0 Å². The van der Waals surface area contributed by atoms with E-state index in [1.807, 2.05) is 16.3 Å². The average molecular weight is 345 g/mol. The Kier molecular flexibility index (Phi) is 5.42. The summed E-state index contributed by atoms with van der Waals surface area (Å²) in [5.41, 5.74) is 0.813. The molecule has 1 amide bonds. The van der Waals surface area contributed by atoms with Crippen molar-refractivity contribution in [3.63, 3.8) is 0 Å². The fourth-order valence-corrected chi connectivity index (χ4v) is 3.35. The molecule has 2 rings (SSSR count). The zero-order valence-electron chi connectivity index (χ0n) is 11.6. The number of amides is 1. The number of nitrogens with zero attached hydrogens (tertiary/aromatic N) is 2. The zero-order chi connectivity index (χ0) is 13.8. The van der Waals surface area contributed by atoms with Crippen LogP contribution in [0.15, 0.2) is 15.2 Å². The second kappa shape index (κ2) is 6.86. The van der Waals surface area contributed by atoms with Crippen molar-refractivity contribution in [2.24, 2.45) is 5.92 Å². The molecule has 19 heavy (non-hydrogen) atoms. The Balaban J connectivity index is 1.81. The first-order valence-electron chi connectivity index (χ1n) is 6.82. The molecule has 3 nitrogen and oxygen atoms in total. The van der Waals surface area contributed by atoms with Gasteiger partial charge in [-0.1, -0.05) is 13.8 Å². The second-order valence-corrected chi connectivity index (χ2v) is 7.75. The van der Waals surface area contributed by atoms with E-state index >= 15 is 0 Å². The minimum Gasteiger partial charge on any atom is -0.336 e. The summed E-state index contributed by atoms with van der Waals surface area (Å²) in [6, 6.07) is 1.91. The van der Waals surface area contributed by atoms with Gasteiger partial charge in [-0.2, -0.15) is 0 Å². The maximum atomic E-state index is 12.3. The van der Waals surface area contributed by atoms with Gasteiger partial charge in [-0.25, -0.2) is 0 Å². The summed E-state index contributed by atoms with van der Waals surface area (Å²) < 4.78 is 1.02. The molecule has 0 atom stereocenters. The van der Waals surface area contributed by atoms with Crippen molar-refractivity contribution in [2.45, 2.75) is 20.3 Å². The third-order valence-electron chi connectivity index (χ3n) is 3.50. The van der Waals surface area contributed by atoms with Crippen molar-refractivity contribution in [3.8, 4) is 0 Å². The highest BCUT2D eigenvalue weighted by Gasteiger charge is 2.22. The van der Waals surface area contributed by atoms with Gasteiger partial charge in [-0.3, -0.25) is 9.69 Å². The van der Waals surface area contributed by atoms with Gasteiger partial charge in [0, 0.05) is 31.6 Å². The third kappa shape index (κ3) is 4.29. The summed E-state index contributed by atoms with van der Waals surface area (Å²) in [6.45, 7) is 9.38. The fourth-order valence-electron chi connectivity index (χ4n) is 2.22. The quantitative estimate of drug-likeness (QED) is 0.836. The van der Waals surface area contributed by atoms with Gasteiger partial charge in [0.15, 0.2) is 0 Å². The minimum atomic E-state index is 0.172. The van der Waals surface area contributed by atoms with E-state index in [0.717, 1.165) is 48.0 Å². The van der Waals surface area contributed by atoms with Crippen molar-refractivity contribution in [1.82, 2.24) is 9.80 Å². The maximum Gasteiger partial charge on any atom is 0.254 e. The van der Waals surface area contributed by atoms with E-state index in [1.165, 1.54) is 6.42 Å². The first-order valence-corrected chi connectivity index (χ1v) is 8.49. The van der Waals surface area contributed by atoms with Crippen molar-refractivity contribution >= 4 is 33.2 Å². The van der Waals surface area contributed by atoms with E-state index in [9.17, 15) is 4.79 Å². The predicted octanol–water partition coefficient (Wildman–Crippen LogP) is 3.31. The van der Waals surface area contributed by atoms with Crippen LogP contribution in [0, 0.1) is 5.92 Å². The molecule has 0 saturated carbocycles. The van der Waals surface area contributed by atoms with Gasteiger partial charge in [-0.05, 0) is 40.9 Å². The predicted molar refractivity (Wildman–Crippen MR) is 83.8 cm³/mol. The third-order valence-corrected chi connectivity index (χ3v) is 5.00. The Hall–Kier alpha value is -0.390. The van der Waals surface area contributed by atoms with E-state index in [0.29, 0.717) is 0 Å². The summed E-state index contributed by atoms with van der Waals surface area (Å²) in [4.78, 5) is 16.7. The van der Waals surface area contributed by atoms with E-state index in [2.05, 4.69) is 34.7 Å². The highest BCUT2D eigenvalue weighted by molar-refractivity contribution is 9.11. The SMILES string of the molecule is CC(C)CCN1CCN(C(=O)c2csc(Br)c2)CC1. The van der Waals surface area contributed by atoms with E-state index < -0.39 is 0 Å². The van der Waals surface area contributed by atoms with Gasteiger partial charge in [0.2, 0.25) is 0 Å². The van der Waals surface area contributed by atoms with Crippen LogP contribution < -0.4 is 0 Å². The van der Waals surface area contributed by atoms with Gasteiger partial charge >= 0.3 is 0 Å². The van der Waals surface area contributed by atoms with Crippen molar-refractivity contribution in [1.29, 1.82) is 0 Å². The molecule has 106 valence electrons. The summed E-state index contributed by atoms with van der Waals surface area (Å²) in [6.07, 6.45) is 1.24. The topological polar surface area (TPSA) is 23.6 Å². The lowest BCUT2D eigenvalue weighted by Gasteiger charge is -2.34. The lowest BCUT2D eigenvalue weighted by molar-refractivity contribution is 0.0632. The largest absolute Gasteiger partial charge is 0.336 e. The number of carbonyl (C=O) groups is 1. The molecule has 1 aliphatic rings. The highest BCUT2D eigenvalue weighted by atomic mass is 79.9. The molecule has 0 unspecified atom stereocenters. The first-order chi connectivity index (χ1) is 9.06. The van der Waals surface area contributed by atoms with Crippen LogP contribution in [0.25, 0.3) is 0 Å². The number of piperazine rings is 1. The zero-order valence-corrected chi connectivity index (χ0v) is 14.0. The monoisotopic (exact) mass is 344 g/mol. The summed E-state index contributed by atoms with van der Waals surface area (Å²) in [7, 11) is 0. The molecule has 2 heterocycles. The summed E-state index contributed by atoms with van der Waals surface area (Å²) in [5.74, 6) is 0.924. The molecule has 0 radical (unpaired) electrons. The summed E-state index contributed by atoms with van der Waals surface area (Å²) in [5, 5.41) is 1.93. The molecule has 1 aromatic rings. The molecule has 1 saturated heterocycles. The van der Waals surface area contributed by atoms with Gasteiger partial charge < -0.3 is 4.90 Å². The van der Waals surface area contributed by atoms with E-state index in [1.54, 1.807) is 11.3 Å². The molecule has 0 aromatic carbocycles. The molecule has 1 aromatic heterocycles. The number of hydrogen-bond donors (Lipinski definition) is 0. The highest BCUT2D eigenvalue weighted by Crippen LogP contribution is 2.22. The standard InChI is InChI=1S/C14H21BrN2OS/c1-11(2)3-4-16-5-7-17(8-6-16)14(18)12-9-13(15)19-10-12/h9-11H,3-8H2,1-2H3. The van der Waals surface area contributed by atoms with Crippen LogP contribution in [0.1, 0.15) is 30.6 Å². The Morgan fingerprint density at radius 1 is 1.37 bits per heavy atom. The van der Waals surface area contributed by atoms with Crippen LogP contribution in [0.5, 0.6) is 0 Å². The lowest BCUT2D eigenvalue weighted by Crippen LogP contribution is -2.48. The average Bonchev–Trinajstić information content (AvgIpc) is 2.83. The van der Waals surface area contributed by atoms with Crippen LogP contribution in [-0.2, 0) is 0 Å². The molecule has 0 bridgehead atoms. The van der Waals surface area contributed by atoms with Crippen molar-refractivity contribution < 1.29 is 4.79 Å². The van der Waals surface area contributed by atoms with Crippen LogP contribution in [-0.4, -0.2) is 48.4 Å². The van der Waals surface area contributed by atoms with Gasteiger partial charge in [0.25, 0.3) is 5.91 Å². The smallest absolute Gasteiger partial charge is 0.254 e. The lowest BCUT2D eigenvalue weighted by atomic mass is 10.1. The van der Waals surface area contributed by atoms with Crippen molar-refractivity contribution in [3.05, 3.63) is 20.8 Å². The molecular formula is C14H21BrN2OS. The number of hydrogen-bond acceptors (Lipinski definition) is 3. The van der Waals surface area contributed by atoms with Gasteiger partial charge in [0.05, 0.1) is 9.35 Å². The molecule has 0 spiro atoms. The maximum absolute atomic E-state index is 12.3. The Labute approximate surface area is 127 Å². The number of halogens is 1. The first kappa shape index (κ1) is 15.0. The van der Waals surface area contributed by atoms with E-state index in [-0.39, 0.29) is 5.91 Å². The summed E-state index contributed by atoms with van der Waals surface area (Å²) >= 11 is 4.97. The Morgan fingerprint density at radius 3 is 2.58 bits per heavy atom. The van der Waals surface area contributed by atoms with Crippen LogP contribution in [0.4, 0.5) is 0 Å². The number of carbonyl (C=O) groups excluding carboxylic acids is 1. The fraction of sp³-hybridized carbons (Fsp3) is 0.643. The number of thiophene rings is 1. The van der Waals surface area contributed by atoms with Gasteiger partial charge in [-0.15, -0.1) is 11.3 Å². The molecular weight excluding hydrogens is 324 g/mol. The molecule has 1 aliphatic heterocycles. The van der Waals surface area contributed by atoms with Crippen LogP contribution >= 0.6 is 27.3 Å². The molecule has 0 aliphatic carbocycles. The van der Waals surface area contributed by atoms with Crippen LogP contribution in [0.3, 0.4) is 0 Å². The Bertz CT molecular complexity index is 425. The van der Waals surface area contributed by atoms with E-state index in [4.69, 9.17) is 0 Å². The molecule has 5 heteroatoms. The second-order valence-electron chi connectivity index (χ2n) is 5.46. The number of rotatable bonds is 4. The molecule has 1 fully saturated rings.